The van der Waals surface area contributed by atoms with Gasteiger partial charge in [-0.3, -0.25) is 4.79 Å². The van der Waals surface area contributed by atoms with Crippen molar-refractivity contribution in [2.75, 3.05) is 0 Å². The fourth-order valence-corrected chi connectivity index (χ4v) is 2.36. The number of aromatic hydroxyl groups is 1. The molecule has 2 heteroatoms. The van der Waals surface area contributed by atoms with E-state index in [0.29, 0.717) is 11.5 Å². The molecule has 1 unspecified atom stereocenters. The molecule has 0 fully saturated rings. The molecule has 0 saturated carbocycles. The summed E-state index contributed by atoms with van der Waals surface area (Å²) in [5.41, 5.74) is 2.91. The minimum Gasteiger partial charge on any atom is -0.507 e. The first kappa shape index (κ1) is 10.2. The lowest BCUT2D eigenvalue weighted by atomic mass is 9.82. The third kappa shape index (κ3) is 1.76. The summed E-state index contributed by atoms with van der Waals surface area (Å²) in [7, 11) is 0. The number of fused-ring (bicyclic) bond motifs is 1. The number of phenolic OH excluding ortho intramolecular Hbond substituents is 1. The van der Waals surface area contributed by atoms with Gasteiger partial charge in [-0.15, -0.1) is 0 Å². The quantitative estimate of drug-likeness (QED) is 0.714. The molecule has 80 valence electrons. The molecular weight excluding hydrogens is 188 g/mol. The van der Waals surface area contributed by atoms with Crippen LogP contribution in [0, 0.1) is 0 Å². The van der Waals surface area contributed by atoms with Gasteiger partial charge in [-0.2, -0.15) is 0 Å². The van der Waals surface area contributed by atoms with Gasteiger partial charge < -0.3 is 5.11 Å². The van der Waals surface area contributed by atoms with Crippen LogP contribution in [0.25, 0.3) is 0 Å². The zero-order valence-corrected chi connectivity index (χ0v) is 9.21. The molecule has 1 N–H and O–H groups in total. The molecule has 2 rings (SSSR count). The molecule has 1 atom stereocenters. The number of hydrogen-bond donors (Lipinski definition) is 1. The third-order valence-corrected chi connectivity index (χ3v) is 3.25. The Morgan fingerprint density at radius 1 is 1.47 bits per heavy atom. The molecule has 0 saturated heterocycles. The summed E-state index contributed by atoms with van der Waals surface area (Å²) in [6, 6.07) is 3.64. The normalized spacial score (nSPS) is 19.7. The highest BCUT2D eigenvalue weighted by molar-refractivity contribution is 5.97. The molecule has 0 aliphatic heterocycles. The molecule has 0 amide bonds. The van der Waals surface area contributed by atoms with Crippen LogP contribution in [0.2, 0.25) is 0 Å². The number of carbonyl (C=O) groups excluding carboxylic acids is 1. The highest BCUT2D eigenvalue weighted by Gasteiger charge is 2.19. The topological polar surface area (TPSA) is 37.3 Å². The summed E-state index contributed by atoms with van der Waals surface area (Å²) in [5.74, 6) is 0.580. The Morgan fingerprint density at radius 3 is 2.87 bits per heavy atom. The second-order valence-electron chi connectivity index (χ2n) is 4.42. The number of aryl methyl sites for hydroxylation is 1. The maximum atomic E-state index is 11.3. The number of phenols is 1. The van der Waals surface area contributed by atoms with Crippen molar-refractivity contribution < 1.29 is 9.90 Å². The number of carbonyl (C=O) groups is 1. The summed E-state index contributed by atoms with van der Waals surface area (Å²) >= 11 is 0. The lowest BCUT2D eigenvalue weighted by molar-refractivity contribution is 0.101. The van der Waals surface area contributed by atoms with E-state index in [1.54, 1.807) is 6.07 Å². The van der Waals surface area contributed by atoms with Crippen LogP contribution in [-0.4, -0.2) is 10.9 Å². The standard InChI is InChI=1S/C13H16O2/c1-8-4-3-5-10-6-13(15)12(9(2)14)7-11(8)10/h6-8,15H,3-5H2,1-2H3. The maximum absolute atomic E-state index is 11.3. The molecule has 0 bridgehead atoms. The Bertz CT molecular complexity index is 407. The van der Waals surface area contributed by atoms with Crippen LogP contribution in [0.1, 0.15) is 54.1 Å². The second-order valence-corrected chi connectivity index (χ2v) is 4.42. The Morgan fingerprint density at radius 2 is 2.20 bits per heavy atom. The molecule has 1 aliphatic rings. The highest BCUT2D eigenvalue weighted by atomic mass is 16.3. The Balaban J connectivity index is 2.55. The van der Waals surface area contributed by atoms with Gasteiger partial charge in [-0.05, 0) is 55.4 Å². The SMILES string of the molecule is CC(=O)c1cc2c(cc1O)CCCC2C. The third-order valence-electron chi connectivity index (χ3n) is 3.25. The summed E-state index contributed by atoms with van der Waals surface area (Å²) in [5, 5.41) is 9.70. The Labute approximate surface area is 89.9 Å². The lowest BCUT2D eigenvalue weighted by Gasteiger charge is -2.23. The maximum Gasteiger partial charge on any atom is 0.163 e. The van der Waals surface area contributed by atoms with E-state index in [2.05, 4.69) is 6.92 Å². The molecule has 0 radical (unpaired) electrons. The zero-order chi connectivity index (χ0) is 11.0. The second kappa shape index (κ2) is 3.69. The smallest absolute Gasteiger partial charge is 0.163 e. The number of rotatable bonds is 1. The molecular formula is C13H16O2. The lowest BCUT2D eigenvalue weighted by Crippen LogP contribution is -2.08. The van der Waals surface area contributed by atoms with Crippen molar-refractivity contribution in [2.24, 2.45) is 0 Å². The predicted molar refractivity (Wildman–Crippen MR) is 59.5 cm³/mol. The van der Waals surface area contributed by atoms with E-state index in [4.69, 9.17) is 0 Å². The van der Waals surface area contributed by atoms with E-state index in [9.17, 15) is 9.90 Å². The summed E-state index contributed by atoms with van der Waals surface area (Å²) in [6.45, 7) is 3.67. The number of Topliss-reactive ketones (excluding diaryl/α,β-unsaturated/α-hetero) is 1. The number of hydrogen-bond acceptors (Lipinski definition) is 2. The molecule has 1 aliphatic carbocycles. The van der Waals surface area contributed by atoms with Crippen LogP contribution in [0.5, 0.6) is 5.75 Å². The summed E-state index contributed by atoms with van der Waals surface area (Å²) in [4.78, 5) is 11.3. The van der Waals surface area contributed by atoms with Gasteiger partial charge in [0.05, 0.1) is 5.56 Å². The van der Waals surface area contributed by atoms with Gasteiger partial charge >= 0.3 is 0 Å². The van der Waals surface area contributed by atoms with Crippen molar-refractivity contribution in [3.05, 3.63) is 28.8 Å². The molecule has 15 heavy (non-hydrogen) atoms. The molecule has 1 aromatic carbocycles. The summed E-state index contributed by atoms with van der Waals surface area (Å²) in [6.07, 6.45) is 3.37. The average Bonchev–Trinajstić information content (AvgIpc) is 2.16. The van der Waals surface area contributed by atoms with Crippen LogP contribution in [0.15, 0.2) is 12.1 Å². The van der Waals surface area contributed by atoms with Crippen molar-refractivity contribution in [2.45, 2.75) is 39.0 Å². The molecule has 0 spiro atoms. The molecule has 1 aromatic rings. The van der Waals surface area contributed by atoms with Crippen LogP contribution >= 0.6 is 0 Å². The van der Waals surface area contributed by atoms with E-state index in [1.807, 2.05) is 6.07 Å². The Kier molecular flexibility index (Phi) is 2.51. The number of benzene rings is 1. The average molecular weight is 204 g/mol. The van der Waals surface area contributed by atoms with Crippen LogP contribution in [0.3, 0.4) is 0 Å². The fourth-order valence-electron chi connectivity index (χ4n) is 2.36. The first-order chi connectivity index (χ1) is 7.09. The predicted octanol–water partition coefficient (Wildman–Crippen LogP) is 3.03. The van der Waals surface area contributed by atoms with Crippen molar-refractivity contribution >= 4 is 5.78 Å². The van der Waals surface area contributed by atoms with Gasteiger partial charge in [0.1, 0.15) is 5.75 Å². The molecule has 2 nitrogen and oxygen atoms in total. The van der Waals surface area contributed by atoms with Gasteiger partial charge in [0.2, 0.25) is 0 Å². The highest BCUT2D eigenvalue weighted by Crippen LogP contribution is 2.35. The fraction of sp³-hybridized carbons (Fsp3) is 0.462. The van der Waals surface area contributed by atoms with Gasteiger partial charge in [-0.1, -0.05) is 6.92 Å². The van der Waals surface area contributed by atoms with E-state index in [1.165, 1.54) is 30.9 Å². The van der Waals surface area contributed by atoms with Gasteiger partial charge in [0, 0.05) is 0 Å². The molecule has 0 aromatic heterocycles. The van der Waals surface area contributed by atoms with E-state index in [0.717, 1.165) is 6.42 Å². The van der Waals surface area contributed by atoms with Crippen molar-refractivity contribution in [3.8, 4) is 5.75 Å². The van der Waals surface area contributed by atoms with Crippen LogP contribution in [0.4, 0.5) is 0 Å². The first-order valence-electron chi connectivity index (χ1n) is 5.46. The van der Waals surface area contributed by atoms with Crippen molar-refractivity contribution in [1.29, 1.82) is 0 Å². The van der Waals surface area contributed by atoms with E-state index < -0.39 is 0 Å². The zero-order valence-electron chi connectivity index (χ0n) is 9.21. The summed E-state index contributed by atoms with van der Waals surface area (Å²) < 4.78 is 0. The molecule has 0 heterocycles. The first-order valence-corrected chi connectivity index (χ1v) is 5.46. The van der Waals surface area contributed by atoms with Gasteiger partial charge in [-0.25, -0.2) is 0 Å². The van der Waals surface area contributed by atoms with Gasteiger partial charge in [0.15, 0.2) is 5.78 Å². The van der Waals surface area contributed by atoms with Gasteiger partial charge in [0.25, 0.3) is 0 Å². The number of ketones is 1. The minimum atomic E-state index is -0.0620. The van der Waals surface area contributed by atoms with Crippen LogP contribution in [-0.2, 0) is 6.42 Å². The minimum absolute atomic E-state index is 0.0620. The van der Waals surface area contributed by atoms with Crippen molar-refractivity contribution in [3.63, 3.8) is 0 Å². The largest absolute Gasteiger partial charge is 0.507 e. The monoisotopic (exact) mass is 204 g/mol. The van der Waals surface area contributed by atoms with Crippen molar-refractivity contribution in [1.82, 2.24) is 0 Å². The van der Waals surface area contributed by atoms with E-state index in [-0.39, 0.29) is 11.5 Å². The van der Waals surface area contributed by atoms with E-state index >= 15 is 0 Å². The van der Waals surface area contributed by atoms with Crippen LogP contribution < -0.4 is 0 Å². The Hall–Kier alpha value is -1.31.